The predicted molar refractivity (Wildman–Crippen MR) is 79.9 cm³/mol. The lowest BCUT2D eigenvalue weighted by Crippen LogP contribution is -2.29. The van der Waals surface area contributed by atoms with Gasteiger partial charge < -0.3 is 15.4 Å². The number of likely N-dealkylation sites (tertiary alicyclic amines) is 1. The number of ether oxygens (including phenoxy) is 1. The molecule has 4 nitrogen and oxygen atoms in total. The molecule has 2 N–H and O–H groups in total. The lowest BCUT2D eigenvalue weighted by Gasteiger charge is -2.17. The second kappa shape index (κ2) is 6.75. The van der Waals surface area contributed by atoms with Crippen molar-refractivity contribution in [2.75, 3.05) is 19.6 Å². The van der Waals surface area contributed by atoms with Crippen LogP contribution in [-0.2, 0) is 0 Å². The molecule has 110 valence electrons. The van der Waals surface area contributed by atoms with E-state index in [9.17, 15) is 4.79 Å². The molecule has 1 aromatic rings. The fourth-order valence-electron chi connectivity index (χ4n) is 2.38. The van der Waals surface area contributed by atoms with Gasteiger partial charge >= 0.3 is 0 Å². The number of benzene rings is 1. The summed E-state index contributed by atoms with van der Waals surface area (Å²) >= 11 is 0. The molecule has 1 aliphatic rings. The number of carbonyl (C=O) groups is 1. The fraction of sp³-hybridized carbons (Fsp3) is 0.562. The van der Waals surface area contributed by atoms with Gasteiger partial charge in [-0.2, -0.15) is 0 Å². The van der Waals surface area contributed by atoms with Crippen LogP contribution in [0.15, 0.2) is 24.3 Å². The number of nitrogens with two attached hydrogens (primary N) is 1. The lowest BCUT2D eigenvalue weighted by atomic mass is 10.1. The molecular weight excluding hydrogens is 252 g/mol. The van der Waals surface area contributed by atoms with Crippen LogP contribution in [0.1, 0.15) is 37.0 Å². The van der Waals surface area contributed by atoms with Gasteiger partial charge in [0.2, 0.25) is 0 Å². The number of hydrogen-bond acceptors (Lipinski definition) is 3. The molecule has 4 heteroatoms. The van der Waals surface area contributed by atoms with E-state index in [-0.39, 0.29) is 12.0 Å². The largest absolute Gasteiger partial charge is 0.491 e. The number of nitrogens with zero attached hydrogens (tertiary/aromatic N) is 1. The quantitative estimate of drug-likeness (QED) is 0.897. The first-order valence-corrected chi connectivity index (χ1v) is 7.40. The van der Waals surface area contributed by atoms with Crippen molar-refractivity contribution in [2.24, 2.45) is 11.7 Å². The molecule has 0 bridgehead atoms. The zero-order valence-corrected chi connectivity index (χ0v) is 12.3. The minimum absolute atomic E-state index is 0.0936. The fourth-order valence-corrected chi connectivity index (χ4v) is 2.38. The first-order chi connectivity index (χ1) is 9.63. The zero-order chi connectivity index (χ0) is 14.5. The Labute approximate surface area is 120 Å². The zero-order valence-electron chi connectivity index (χ0n) is 12.3. The highest BCUT2D eigenvalue weighted by Crippen LogP contribution is 2.20. The summed E-state index contributed by atoms with van der Waals surface area (Å²) in [5, 5.41) is 0. The normalized spacial score (nSPS) is 19.9. The maximum Gasteiger partial charge on any atom is 0.253 e. The van der Waals surface area contributed by atoms with Gasteiger partial charge in [-0.05, 0) is 56.5 Å². The molecule has 1 fully saturated rings. The Morgan fingerprint density at radius 1 is 1.45 bits per heavy atom. The minimum atomic E-state index is 0.0936. The molecule has 1 aliphatic heterocycles. The molecule has 0 aliphatic carbocycles. The van der Waals surface area contributed by atoms with Crippen molar-refractivity contribution in [2.45, 2.75) is 32.8 Å². The summed E-state index contributed by atoms with van der Waals surface area (Å²) in [7, 11) is 0. The average molecular weight is 276 g/mol. The van der Waals surface area contributed by atoms with Crippen LogP contribution in [0, 0.1) is 5.92 Å². The van der Waals surface area contributed by atoms with Gasteiger partial charge in [-0.25, -0.2) is 0 Å². The van der Waals surface area contributed by atoms with Gasteiger partial charge in [0.05, 0.1) is 6.10 Å². The molecule has 1 saturated heterocycles. The Kier molecular flexibility index (Phi) is 5.01. The summed E-state index contributed by atoms with van der Waals surface area (Å²) in [4.78, 5) is 14.2. The van der Waals surface area contributed by atoms with Gasteiger partial charge in [0.1, 0.15) is 5.75 Å². The Morgan fingerprint density at radius 3 is 2.70 bits per heavy atom. The number of amides is 1. The Balaban J connectivity index is 1.97. The third-order valence-electron chi connectivity index (χ3n) is 3.92. The molecule has 0 unspecified atom stereocenters. The molecule has 0 aromatic heterocycles. The molecule has 0 radical (unpaired) electrons. The Bertz CT molecular complexity index is 444. The van der Waals surface area contributed by atoms with Crippen LogP contribution in [0.3, 0.4) is 0 Å². The van der Waals surface area contributed by atoms with E-state index in [4.69, 9.17) is 10.5 Å². The SMILES string of the molecule is CC[C@H](C)Oc1ccc(C(=O)N2CC[C@@H](CN)C2)cc1. The van der Waals surface area contributed by atoms with Gasteiger partial charge in [0, 0.05) is 18.7 Å². The maximum absolute atomic E-state index is 12.3. The summed E-state index contributed by atoms with van der Waals surface area (Å²) in [6.45, 7) is 6.37. The van der Waals surface area contributed by atoms with Crippen molar-refractivity contribution < 1.29 is 9.53 Å². The first-order valence-electron chi connectivity index (χ1n) is 7.40. The predicted octanol–water partition coefficient (Wildman–Crippen LogP) is 2.28. The highest BCUT2D eigenvalue weighted by atomic mass is 16.5. The molecule has 1 amide bonds. The van der Waals surface area contributed by atoms with E-state index in [0.717, 1.165) is 37.2 Å². The van der Waals surface area contributed by atoms with Crippen LogP contribution in [0.25, 0.3) is 0 Å². The second-order valence-corrected chi connectivity index (χ2v) is 5.50. The molecule has 1 heterocycles. The van der Waals surface area contributed by atoms with E-state index >= 15 is 0 Å². The van der Waals surface area contributed by atoms with Crippen molar-refractivity contribution in [3.05, 3.63) is 29.8 Å². The maximum atomic E-state index is 12.3. The van der Waals surface area contributed by atoms with Crippen LogP contribution >= 0.6 is 0 Å². The van der Waals surface area contributed by atoms with Crippen molar-refractivity contribution >= 4 is 5.91 Å². The molecule has 2 rings (SSSR count). The summed E-state index contributed by atoms with van der Waals surface area (Å²) in [6, 6.07) is 7.43. The van der Waals surface area contributed by atoms with Crippen molar-refractivity contribution in [1.29, 1.82) is 0 Å². The van der Waals surface area contributed by atoms with E-state index in [1.165, 1.54) is 0 Å². The Morgan fingerprint density at radius 2 is 2.15 bits per heavy atom. The van der Waals surface area contributed by atoms with Crippen molar-refractivity contribution in [1.82, 2.24) is 4.90 Å². The molecule has 0 saturated carbocycles. The van der Waals surface area contributed by atoms with Gasteiger partial charge in [0.25, 0.3) is 5.91 Å². The lowest BCUT2D eigenvalue weighted by molar-refractivity contribution is 0.0787. The summed E-state index contributed by atoms with van der Waals surface area (Å²) in [5.41, 5.74) is 6.38. The van der Waals surface area contributed by atoms with E-state index in [0.29, 0.717) is 12.5 Å². The van der Waals surface area contributed by atoms with E-state index < -0.39 is 0 Å². The van der Waals surface area contributed by atoms with Crippen molar-refractivity contribution in [3.63, 3.8) is 0 Å². The molecule has 1 aromatic carbocycles. The van der Waals surface area contributed by atoms with E-state index in [2.05, 4.69) is 6.92 Å². The average Bonchev–Trinajstić information content (AvgIpc) is 2.96. The molecule has 20 heavy (non-hydrogen) atoms. The Hall–Kier alpha value is -1.55. The highest BCUT2D eigenvalue weighted by Gasteiger charge is 2.25. The summed E-state index contributed by atoms with van der Waals surface area (Å²) < 4.78 is 5.72. The summed E-state index contributed by atoms with van der Waals surface area (Å²) in [6.07, 6.45) is 2.17. The van der Waals surface area contributed by atoms with Gasteiger partial charge in [-0.1, -0.05) is 6.92 Å². The minimum Gasteiger partial charge on any atom is -0.491 e. The van der Waals surface area contributed by atoms with Crippen LogP contribution in [-0.4, -0.2) is 36.5 Å². The van der Waals surface area contributed by atoms with E-state index in [1.54, 1.807) is 0 Å². The number of hydrogen-bond donors (Lipinski definition) is 1. The second-order valence-electron chi connectivity index (χ2n) is 5.50. The van der Waals surface area contributed by atoms with Crippen molar-refractivity contribution in [3.8, 4) is 5.75 Å². The first kappa shape index (κ1) is 14.9. The topological polar surface area (TPSA) is 55.6 Å². The number of rotatable bonds is 5. The summed E-state index contributed by atoms with van der Waals surface area (Å²) in [5.74, 6) is 1.36. The van der Waals surface area contributed by atoms with Gasteiger partial charge in [-0.3, -0.25) is 4.79 Å². The van der Waals surface area contributed by atoms with Gasteiger partial charge in [0.15, 0.2) is 0 Å². The molecule has 2 atom stereocenters. The van der Waals surface area contributed by atoms with Crippen LogP contribution < -0.4 is 10.5 Å². The number of carbonyl (C=O) groups excluding carboxylic acids is 1. The molecule has 0 spiro atoms. The third-order valence-corrected chi connectivity index (χ3v) is 3.92. The smallest absolute Gasteiger partial charge is 0.253 e. The van der Waals surface area contributed by atoms with Crippen LogP contribution in [0.4, 0.5) is 0 Å². The van der Waals surface area contributed by atoms with Gasteiger partial charge in [-0.15, -0.1) is 0 Å². The van der Waals surface area contributed by atoms with E-state index in [1.807, 2.05) is 36.1 Å². The van der Waals surface area contributed by atoms with Crippen LogP contribution in [0.2, 0.25) is 0 Å². The standard InChI is InChI=1S/C16H24N2O2/c1-3-12(2)20-15-6-4-14(5-7-15)16(19)18-9-8-13(10-17)11-18/h4-7,12-13H,3,8-11,17H2,1-2H3/t12-,13-/m0/s1. The monoisotopic (exact) mass is 276 g/mol. The van der Waals surface area contributed by atoms with Crippen LogP contribution in [0.5, 0.6) is 5.75 Å². The third kappa shape index (κ3) is 3.51. The highest BCUT2D eigenvalue weighted by molar-refractivity contribution is 5.94. The molecular formula is C16H24N2O2.